The van der Waals surface area contributed by atoms with Crippen LogP contribution < -0.4 is 10.6 Å². The molecule has 2 amide bonds. The lowest BCUT2D eigenvalue weighted by molar-refractivity contribution is -0.139. The molecule has 0 saturated carbocycles. The predicted octanol–water partition coefficient (Wildman–Crippen LogP) is 4.19. The van der Waals surface area contributed by atoms with E-state index in [1.165, 1.54) is 6.92 Å². The molecule has 2 rings (SSSR count). The first-order valence-corrected chi connectivity index (χ1v) is 12.7. The van der Waals surface area contributed by atoms with Crippen LogP contribution in [0.3, 0.4) is 0 Å². The number of aromatic amines is 1. The third-order valence-corrected chi connectivity index (χ3v) is 7.24. The Hall–Kier alpha value is -2.93. The molecule has 0 radical (unpaired) electrons. The minimum atomic E-state index is -0.704. The predicted molar refractivity (Wildman–Crippen MR) is 147 cm³/mol. The van der Waals surface area contributed by atoms with Gasteiger partial charge in [0.1, 0.15) is 6.04 Å². The second-order valence-corrected chi connectivity index (χ2v) is 11.0. The number of hydrogen-bond donors (Lipinski definition) is 3. The van der Waals surface area contributed by atoms with Crippen LogP contribution in [0.4, 0.5) is 0 Å². The SMILES string of the molecule is CN[C@H](C(=O)N[C@H](C(=O)N(C)[C@H](/C=C(\C)C(C)=O)C(C)C)C(C)C)C(C)(C)c1c[nH]c2ccccc12. The molecule has 0 spiro atoms. The number of carbonyl (C=O) groups is 3. The number of fused-ring (bicyclic) bond motifs is 1. The Balaban J connectivity index is 2.34. The third kappa shape index (κ3) is 6.25. The molecular weight excluding hydrogens is 452 g/mol. The number of likely N-dealkylation sites (N-methyl/N-ethyl adjacent to an activating group) is 2. The van der Waals surface area contributed by atoms with Gasteiger partial charge in [0.15, 0.2) is 5.78 Å². The summed E-state index contributed by atoms with van der Waals surface area (Å²) in [6.45, 7) is 15.2. The number of H-pyrrole nitrogens is 1. The molecule has 0 aliphatic carbocycles. The molecule has 0 fully saturated rings. The average Bonchev–Trinajstić information content (AvgIpc) is 3.24. The fourth-order valence-corrected chi connectivity index (χ4v) is 4.82. The van der Waals surface area contributed by atoms with Crippen molar-refractivity contribution in [1.82, 2.24) is 20.5 Å². The van der Waals surface area contributed by atoms with E-state index in [9.17, 15) is 14.4 Å². The van der Waals surface area contributed by atoms with Gasteiger partial charge in [-0.05, 0) is 49.9 Å². The van der Waals surface area contributed by atoms with Gasteiger partial charge in [-0.1, -0.05) is 65.8 Å². The highest BCUT2D eigenvalue weighted by molar-refractivity contribution is 5.94. The monoisotopic (exact) mass is 496 g/mol. The molecular formula is C29H44N4O3. The van der Waals surface area contributed by atoms with Crippen molar-refractivity contribution >= 4 is 28.5 Å². The lowest BCUT2D eigenvalue weighted by Gasteiger charge is -2.37. The highest BCUT2D eigenvalue weighted by atomic mass is 16.2. The van der Waals surface area contributed by atoms with Crippen LogP contribution >= 0.6 is 0 Å². The van der Waals surface area contributed by atoms with Gasteiger partial charge in [0, 0.05) is 29.6 Å². The second kappa shape index (κ2) is 11.9. The highest BCUT2D eigenvalue weighted by Gasteiger charge is 2.40. The Labute approximate surface area is 216 Å². The number of nitrogens with zero attached hydrogens (tertiary/aromatic N) is 1. The molecule has 0 bridgehead atoms. The first-order valence-electron chi connectivity index (χ1n) is 12.7. The molecule has 0 aliphatic heterocycles. The molecule has 2 aromatic rings. The summed E-state index contributed by atoms with van der Waals surface area (Å²) in [4.78, 5) is 44.1. The summed E-state index contributed by atoms with van der Waals surface area (Å²) in [6, 6.07) is 6.49. The van der Waals surface area contributed by atoms with Crippen molar-refractivity contribution in [3.8, 4) is 0 Å². The number of amides is 2. The van der Waals surface area contributed by atoms with Gasteiger partial charge in [0.25, 0.3) is 0 Å². The number of hydrogen-bond acceptors (Lipinski definition) is 4. The van der Waals surface area contributed by atoms with Crippen molar-refractivity contribution in [2.45, 2.75) is 78.9 Å². The number of carbonyl (C=O) groups excluding carboxylic acids is 3. The van der Waals surface area contributed by atoms with Crippen LogP contribution in [0.25, 0.3) is 10.9 Å². The topological polar surface area (TPSA) is 94.3 Å². The smallest absolute Gasteiger partial charge is 0.245 e. The summed E-state index contributed by atoms with van der Waals surface area (Å²) >= 11 is 0. The van der Waals surface area contributed by atoms with Gasteiger partial charge in [-0.2, -0.15) is 0 Å². The maximum atomic E-state index is 13.7. The van der Waals surface area contributed by atoms with Gasteiger partial charge in [-0.15, -0.1) is 0 Å². The second-order valence-electron chi connectivity index (χ2n) is 11.0. The van der Waals surface area contributed by atoms with Crippen molar-refractivity contribution in [2.24, 2.45) is 11.8 Å². The summed E-state index contributed by atoms with van der Waals surface area (Å²) in [6.07, 6.45) is 3.80. The van der Waals surface area contributed by atoms with E-state index in [1.54, 1.807) is 25.9 Å². The molecule has 0 unspecified atom stereocenters. The number of ketones is 1. The van der Waals surface area contributed by atoms with Crippen LogP contribution in [0.2, 0.25) is 0 Å². The first kappa shape index (κ1) is 29.3. The summed E-state index contributed by atoms with van der Waals surface area (Å²) < 4.78 is 0. The van der Waals surface area contributed by atoms with E-state index in [2.05, 4.69) is 15.6 Å². The zero-order chi connectivity index (χ0) is 27.4. The molecule has 7 heteroatoms. The Morgan fingerprint density at radius 3 is 2.17 bits per heavy atom. The lowest BCUT2D eigenvalue weighted by Crippen LogP contribution is -2.59. The standard InChI is InChI=1S/C29H44N4O3/c1-17(2)24(15-19(5)20(6)34)33(10)28(36)25(18(3)4)32-27(35)26(30-9)29(7,8)22-16-31-23-14-12-11-13-21(22)23/h11-18,24-26,30-31H,1-10H3,(H,32,35)/b19-15+/t24-,25+,26-/m1/s1. The summed E-state index contributed by atoms with van der Waals surface area (Å²) in [5.74, 6) is -0.452. The molecule has 3 atom stereocenters. The highest BCUT2D eigenvalue weighted by Crippen LogP contribution is 2.33. The van der Waals surface area contributed by atoms with Gasteiger partial charge in [-0.3, -0.25) is 14.4 Å². The molecule has 36 heavy (non-hydrogen) atoms. The normalized spacial score (nSPS) is 15.2. The van der Waals surface area contributed by atoms with Gasteiger partial charge in [0.2, 0.25) is 11.8 Å². The average molecular weight is 497 g/mol. The van der Waals surface area contributed by atoms with E-state index in [0.717, 1.165) is 16.5 Å². The largest absolute Gasteiger partial charge is 0.361 e. The maximum Gasteiger partial charge on any atom is 0.245 e. The Morgan fingerprint density at radius 1 is 1.03 bits per heavy atom. The van der Waals surface area contributed by atoms with E-state index in [1.807, 2.05) is 78.1 Å². The Bertz CT molecular complexity index is 1110. The number of para-hydroxylation sites is 1. The number of benzene rings is 1. The van der Waals surface area contributed by atoms with Gasteiger partial charge >= 0.3 is 0 Å². The van der Waals surface area contributed by atoms with Gasteiger partial charge in [0.05, 0.1) is 12.1 Å². The van der Waals surface area contributed by atoms with Crippen molar-refractivity contribution < 1.29 is 14.4 Å². The number of allylic oxidation sites excluding steroid dienone is 1. The van der Waals surface area contributed by atoms with Gasteiger partial charge < -0.3 is 20.5 Å². The van der Waals surface area contributed by atoms with Crippen LogP contribution in [0.5, 0.6) is 0 Å². The molecule has 3 N–H and O–H groups in total. The minimum Gasteiger partial charge on any atom is -0.361 e. The first-order chi connectivity index (χ1) is 16.7. The number of Topliss-reactive ketones (excluding diaryl/α,β-unsaturated/α-hetero) is 1. The zero-order valence-corrected chi connectivity index (χ0v) is 23.5. The Kier molecular flexibility index (Phi) is 9.66. The van der Waals surface area contributed by atoms with E-state index in [-0.39, 0.29) is 35.5 Å². The third-order valence-electron chi connectivity index (χ3n) is 7.24. The number of aromatic nitrogens is 1. The molecule has 0 saturated heterocycles. The quantitative estimate of drug-likeness (QED) is 0.407. The van der Waals surface area contributed by atoms with E-state index >= 15 is 0 Å². The minimum absolute atomic E-state index is 0.0217. The summed E-state index contributed by atoms with van der Waals surface area (Å²) in [5.41, 5.74) is 2.11. The molecule has 7 nitrogen and oxygen atoms in total. The van der Waals surface area contributed by atoms with Crippen LogP contribution in [-0.2, 0) is 19.8 Å². The van der Waals surface area contributed by atoms with E-state index in [4.69, 9.17) is 0 Å². The molecule has 1 aromatic heterocycles. The van der Waals surface area contributed by atoms with Crippen molar-refractivity contribution in [3.05, 3.63) is 47.7 Å². The summed E-state index contributed by atoms with van der Waals surface area (Å²) in [5, 5.41) is 7.30. The van der Waals surface area contributed by atoms with Crippen molar-refractivity contribution in [3.63, 3.8) is 0 Å². The number of rotatable bonds is 11. The van der Waals surface area contributed by atoms with Crippen LogP contribution in [-0.4, -0.2) is 59.7 Å². The number of nitrogens with one attached hydrogen (secondary N) is 3. The summed E-state index contributed by atoms with van der Waals surface area (Å²) in [7, 11) is 3.51. The van der Waals surface area contributed by atoms with Gasteiger partial charge in [-0.25, -0.2) is 0 Å². The van der Waals surface area contributed by atoms with Crippen LogP contribution in [0.15, 0.2) is 42.1 Å². The van der Waals surface area contributed by atoms with E-state index in [0.29, 0.717) is 5.57 Å². The maximum absolute atomic E-state index is 13.7. The molecule has 1 heterocycles. The molecule has 1 aromatic carbocycles. The van der Waals surface area contributed by atoms with Crippen LogP contribution in [0.1, 0.15) is 61.0 Å². The van der Waals surface area contributed by atoms with E-state index < -0.39 is 17.5 Å². The lowest BCUT2D eigenvalue weighted by atomic mass is 9.77. The Morgan fingerprint density at radius 2 is 1.64 bits per heavy atom. The molecule has 198 valence electrons. The fourth-order valence-electron chi connectivity index (χ4n) is 4.82. The van der Waals surface area contributed by atoms with Crippen molar-refractivity contribution in [1.29, 1.82) is 0 Å². The zero-order valence-electron chi connectivity index (χ0n) is 23.5. The molecule has 0 aliphatic rings. The fraction of sp³-hybridized carbons (Fsp3) is 0.552. The van der Waals surface area contributed by atoms with Crippen molar-refractivity contribution in [2.75, 3.05) is 14.1 Å². The van der Waals surface area contributed by atoms with Crippen LogP contribution in [0, 0.1) is 11.8 Å².